The van der Waals surface area contributed by atoms with E-state index in [0.717, 1.165) is 26.4 Å². The highest BCUT2D eigenvalue weighted by Gasteiger charge is 2.18. The van der Waals surface area contributed by atoms with Crippen LogP contribution in [0, 0.1) is 0 Å². The second-order valence-corrected chi connectivity index (χ2v) is 7.95. The van der Waals surface area contributed by atoms with Gasteiger partial charge in [0.2, 0.25) is 0 Å². The zero-order valence-electron chi connectivity index (χ0n) is 15.5. The van der Waals surface area contributed by atoms with E-state index in [1.54, 1.807) is 29.7 Å². The van der Waals surface area contributed by atoms with Crippen molar-refractivity contribution in [2.24, 2.45) is 5.73 Å². The molecule has 0 radical (unpaired) electrons. The molecule has 0 spiro atoms. The summed E-state index contributed by atoms with van der Waals surface area (Å²) in [5.74, 6) is -1.62. The Morgan fingerprint density at radius 2 is 2.07 bits per heavy atom. The molecule has 5 aromatic rings. The molecule has 0 aliphatic rings. The molecule has 0 saturated carbocycles. The molecule has 1 amide bonds. The predicted octanol–water partition coefficient (Wildman–Crippen LogP) is 2.92. The van der Waals surface area contributed by atoms with E-state index in [9.17, 15) is 14.7 Å². The molecule has 5 heterocycles. The Labute approximate surface area is 173 Å². The molecule has 0 aliphatic heterocycles. The summed E-state index contributed by atoms with van der Waals surface area (Å²) in [5, 5.41) is 11.0. The number of carbonyl (C=O) groups excluding carboxylic acids is 1. The minimum absolute atomic E-state index is 0.177. The Bertz CT molecular complexity index is 1500. The van der Waals surface area contributed by atoms with Crippen molar-refractivity contribution in [3.05, 3.63) is 75.3 Å². The average molecular weight is 417 g/mol. The fourth-order valence-corrected chi connectivity index (χ4v) is 4.54. The number of nitrogens with two attached hydrogens (primary N) is 1. The summed E-state index contributed by atoms with van der Waals surface area (Å²) in [6.07, 6.45) is 4.22. The first-order valence-electron chi connectivity index (χ1n) is 9.07. The molecular weight excluding hydrogens is 402 g/mol. The van der Waals surface area contributed by atoms with Crippen LogP contribution in [0.1, 0.15) is 20.9 Å². The molecule has 5 rings (SSSR count). The summed E-state index contributed by atoms with van der Waals surface area (Å²) in [4.78, 5) is 40.2. The van der Waals surface area contributed by atoms with E-state index in [4.69, 9.17) is 5.73 Å². The molecule has 0 saturated heterocycles. The van der Waals surface area contributed by atoms with Crippen LogP contribution in [0.2, 0.25) is 0 Å². The third kappa shape index (κ3) is 2.92. The number of hydrogen-bond acceptors (Lipinski definition) is 6. The monoisotopic (exact) mass is 417 g/mol. The lowest BCUT2D eigenvalue weighted by molar-refractivity contribution is 0.0999. The summed E-state index contributed by atoms with van der Waals surface area (Å²) >= 11 is 1.64. The fourth-order valence-electron chi connectivity index (χ4n) is 3.49. The van der Waals surface area contributed by atoms with Crippen LogP contribution in [0.15, 0.2) is 53.6 Å². The number of aromatic amines is 2. The molecule has 8 nitrogen and oxygen atoms in total. The summed E-state index contributed by atoms with van der Waals surface area (Å²) in [6.45, 7) is 0. The van der Waals surface area contributed by atoms with Crippen molar-refractivity contribution in [2.75, 3.05) is 0 Å². The minimum Gasteiger partial charge on any atom is -0.502 e. The van der Waals surface area contributed by atoms with Crippen LogP contribution < -0.4 is 11.3 Å². The average Bonchev–Trinajstić information content (AvgIpc) is 3.35. The molecule has 0 atom stereocenters. The third-order valence-electron chi connectivity index (χ3n) is 4.87. The standard InChI is InChI=1S/C21H15N5O3S/c22-19(28)16-17-14(26-21(29)18(16)27)5-3-10(25-17)8-11-4-6-15(30-11)13-9-24-20-12(13)2-1-7-23-20/h1-7,9,27H,8H2,(H2,22,28)(H,23,24)(H,26,29). The lowest BCUT2D eigenvalue weighted by atomic mass is 10.1. The van der Waals surface area contributed by atoms with Crippen molar-refractivity contribution in [3.63, 3.8) is 0 Å². The van der Waals surface area contributed by atoms with Gasteiger partial charge in [0.05, 0.1) is 5.52 Å². The number of carbonyl (C=O) groups is 1. The highest BCUT2D eigenvalue weighted by atomic mass is 32.1. The highest BCUT2D eigenvalue weighted by molar-refractivity contribution is 7.15. The van der Waals surface area contributed by atoms with Gasteiger partial charge in [-0.1, -0.05) is 0 Å². The van der Waals surface area contributed by atoms with Crippen molar-refractivity contribution < 1.29 is 9.90 Å². The minimum atomic E-state index is -0.903. The Balaban J connectivity index is 1.52. The zero-order chi connectivity index (χ0) is 20.8. The SMILES string of the molecule is NC(=O)c1c(O)c(=O)[nH]c2ccc(Cc3ccc(-c4c[nH]c5ncccc45)s3)nc12. The number of pyridine rings is 3. The van der Waals surface area contributed by atoms with Gasteiger partial charge in [-0.3, -0.25) is 9.59 Å². The van der Waals surface area contributed by atoms with Gasteiger partial charge in [-0.15, -0.1) is 11.3 Å². The molecule has 0 aromatic carbocycles. The van der Waals surface area contributed by atoms with Crippen molar-refractivity contribution >= 4 is 39.3 Å². The van der Waals surface area contributed by atoms with E-state index in [-0.39, 0.29) is 11.1 Å². The molecule has 0 fully saturated rings. The number of nitrogens with zero attached hydrogens (tertiary/aromatic N) is 2. The maximum Gasteiger partial charge on any atom is 0.291 e. The third-order valence-corrected chi connectivity index (χ3v) is 5.99. The number of primary amides is 1. The van der Waals surface area contributed by atoms with Crippen LogP contribution in [0.5, 0.6) is 5.75 Å². The summed E-state index contributed by atoms with van der Waals surface area (Å²) in [5.41, 5.74) is 7.44. The molecule has 30 heavy (non-hydrogen) atoms. The second-order valence-electron chi connectivity index (χ2n) is 6.79. The van der Waals surface area contributed by atoms with Crippen molar-refractivity contribution in [2.45, 2.75) is 6.42 Å². The number of aromatic hydroxyl groups is 1. The van der Waals surface area contributed by atoms with Crippen LogP contribution in [0.3, 0.4) is 0 Å². The molecule has 0 bridgehead atoms. The quantitative estimate of drug-likeness (QED) is 0.356. The number of thiophene rings is 1. The van der Waals surface area contributed by atoms with Crippen molar-refractivity contribution in [1.29, 1.82) is 0 Å². The number of nitrogens with one attached hydrogen (secondary N) is 2. The number of H-pyrrole nitrogens is 2. The lowest BCUT2D eigenvalue weighted by Crippen LogP contribution is -2.18. The van der Waals surface area contributed by atoms with Gasteiger partial charge < -0.3 is 20.8 Å². The number of amides is 1. The van der Waals surface area contributed by atoms with Gasteiger partial charge in [0, 0.05) is 45.2 Å². The Morgan fingerprint density at radius 1 is 1.20 bits per heavy atom. The Morgan fingerprint density at radius 3 is 2.90 bits per heavy atom. The number of aromatic nitrogens is 4. The van der Waals surface area contributed by atoms with Gasteiger partial charge in [-0.25, -0.2) is 9.97 Å². The highest BCUT2D eigenvalue weighted by Crippen LogP contribution is 2.34. The van der Waals surface area contributed by atoms with Crippen molar-refractivity contribution in [3.8, 4) is 16.2 Å². The van der Waals surface area contributed by atoms with E-state index >= 15 is 0 Å². The molecular formula is C21H15N5O3S. The molecule has 5 aromatic heterocycles. The predicted molar refractivity (Wildman–Crippen MR) is 115 cm³/mol. The van der Waals surface area contributed by atoms with Crippen LogP contribution in [0.25, 0.3) is 32.5 Å². The van der Waals surface area contributed by atoms with Crippen LogP contribution in [0.4, 0.5) is 0 Å². The maximum atomic E-state index is 11.8. The van der Waals surface area contributed by atoms with Crippen molar-refractivity contribution in [1.82, 2.24) is 19.9 Å². The summed E-state index contributed by atoms with van der Waals surface area (Å²) in [7, 11) is 0. The van der Waals surface area contributed by atoms with Gasteiger partial charge in [-0.2, -0.15) is 0 Å². The number of fused-ring (bicyclic) bond motifs is 2. The van der Waals surface area contributed by atoms with E-state index in [2.05, 4.69) is 26.0 Å². The van der Waals surface area contributed by atoms with Crippen LogP contribution in [-0.2, 0) is 6.42 Å². The first-order chi connectivity index (χ1) is 14.5. The largest absolute Gasteiger partial charge is 0.502 e. The first-order valence-corrected chi connectivity index (χ1v) is 9.89. The normalized spacial score (nSPS) is 11.3. The number of hydrogen-bond donors (Lipinski definition) is 4. The van der Waals surface area contributed by atoms with E-state index in [0.29, 0.717) is 17.6 Å². The van der Waals surface area contributed by atoms with Gasteiger partial charge in [0.25, 0.3) is 11.5 Å². The molecule has 148 valence electrons. The topological polar surface area (TPSA) is 138 Å². The zero-order valence-corrected chi connectivity index (χ0v) is 16.3. The lowest BCUT2D eigenvalue weighted by Gasteiger charge is -2.06. The van der Waals surface area contributed by atoms with Gasteiger partial charge >= 0.3 is 0 Å². The van der Waals surface area contributed by atoms with Gasteiger partial charge in [0.1, 0.15) is 16.7 Å². The molecule has 5 N–H and O–H groups in total. The molecule has 9 heteroatoms. The Kier molecular flexibility index (Phi) is 4.11. The smallest absolute Gasteiger partial charge is 0.291 e. The van der Waals surface area contributed by atoms with Gasteiger partial charge in [0.15, 0.2) is 5.75 Å². The number of rotatable bonds is 4. The first kappa shape index (κ1) is 18.1. The Hall–Kier alpha value is -3.98. The van der Waals surface area contributed by atoms with E-state index in [1.807, 2.05) is 24.4 Å². The van der Waals surface area contributed by atoms with E-state index in [1.165, 1.54) is 0 Å². The van der Waals surface area contributed by atoms with Crippen LogP contribution >= 0.6 is 11.3 Å². The maximum absolute atomic E-state index is 11.8. The molecule has 0 aliphatic carbocycles. The second kappa shape index (κ2) is 6.82. The summed E-state index contributed by atoms with van der Waals surface area (Å²) < 4.78 is 0. The fraction of sp³-hybridized carbons (Fsp3) is 0.0476. The van der Waals surface area contributed by atoms with Gasteiger partial charge in [-0.05, 0) is 36.4 Å². The molecule has 0 unspecified atom stereocenters. The summed E-state index contributed by atoms with van der Waals surface area (Å²) in [6, 6.07) is 11.4. The van der Waals surface area contributed by atoms with E-state index < -0.39 is 17.2 Å². The van der Waals surface area contributed by atoms with Crippen LogP contribution in [-0.4, -0.2) is 30.9 Å².